The number of aryl methyl sites for hydroxylation is 1. The van der Waals surface area contributed by atoms with E-state index in [9.17, 15) is 0 Å². The maximum Gasteiger partial charge on any atom is 0.224 e. The van der Waals surface area contributed by atoms with Crippen molar-refractivity contribution in [3.63, 3.8) is 0 Å². The van der Waals surface area contributed by atoms with Crippen molar-refractivity contribution in [1.29, 1.82) is 0 Å². The molecule has 0 saturated carbocycles. The van der Waals surface area contributed by atoms with Crippen LogP contribution in [0, 0.1) is 6.92 Å². The summed E-state index contributed by atoms with van der Waals surface area (Å²) >= 11 is 0. The molecule has 0 bridgehead atoms. The summed E-state index contributed by atoms with van der Waals surface area (Å²) in [5.41, 5.74) is 4.01. The molecule has 8 heteroatoms. The summed E-state index contributed by atoms with van der Waals surface area (Å²) < 4.78 is 11.3. The van der Waals surface area contributed by atoms with Gasteiger partial charge in [-0.3, -0.25) is 0 Å². The fourth-order valence-electron chi connectivity index (χ4n) is 3.78. The molecule has 0 amide bonds. The van der Waals surface area contributed by atoms with Crippen LogP contribution < -0.4 is 20.1 Å². The first-order valence-corrected chi connectivity index (χ1v) is 10.3. The lowest BCUT2D eigenvalue weighted by Gasteiger charge is -2.22. The van der Waals surface area contributed by atoms with E-state index in [0.29, 0.717) is 48.8 Å². The van der Waals surface area contributed by atoms with E-state index in [0.717, 1.165) is 23.2 Å². The summed E-state index contributed by atoms with van der Waals surface area (Å²) in [5.74, 6) is 3.02. The second-order valence-electron chi connectivity index (χ2n) is 7.39. The second kappa shape index (κ2) is 8.14. The van der Waals surface area contributed by atoms with Gasteiger partial charge in [0.1, 0.15) is 6.61 Å². The molecule has 3 aromatic heterocycles. The van der Waals surface area contributed by atoms with Crippen LogP contribution in [0.4, 0.5) is 11.6 Å². The van der Waals surface area contributed by atoms with Crippen LogP contribution in [0.25, 0.3) is 22.3 Å². The Morgan fingerprint density at radius 1 is 1.13 bits per heavy atom. The maximum absolute atomic E-state index is 5.88. The number of pyridine rings is 1. The van der Waals surface area contributed by atoms with Crippen molar-refractivity contribution in [2.75, 3.05) is 37.4 Å². The van der Waals surface area contributed by atoms with Gasteiger partial charge in [0.05, 0.1) is 19.2 Å². The number of methoxy groups -OCH3 is 1. The van der Waals surface area contributed by atoms with Crippen LogP contribution in [0.3, 0.4) is 0 Å². The molecule has 0 fully saturated rings. The third-order valence-corrected chi connectivity index (χ3v) is 5.30. The Kier molecular flexibility index (Phi) is 5.03. The fourth-order valence-corrected chi connectivity index (χ4v) is 3.78. The lowest BCUT2D eigenvalue weighted by atomic mass is 10.1. The lowest BCUT2D eigenvalue weighted by Crippen LogP contribution is -2.22. The SMILES string of the molecule is COc1nc(C)ccc1-c1nc2c(c(NCCc3c[nH]c4ccccc34)n1)OCCN2. The molecule has 8 nitrogen and oxygen atoms in total. The van der Waals surface area contributed by atoms with Gasteiger partial charge in [0.25, 0.3) is 0 Å². The third-order valence-electron chi connectivity index (χ3n) is 5.30. The second-order valence-corrected chi connectivity index (χ2v) is 7.39. The highest BCUT2D eigenvalue weighted by atomic mass is 16.5. The van der Waals surface area contributed by atoms with Gasteiger partial charge >= 0.3 is 0 Å². The molecule has 1 aliphatic heterocycles. The number of hydrogen-bond donors (Lipinski definition) is 3. The topological polar surface area (TPSA) is 97.0 Å². The number of benzene rings is 1. The fraction of sp³-hybridized carbons (Fsp3) is 0.261. The van der Waals surface area contributed by atoms with Gasteiger partial charge in [-0.25, -0.2) is 15.0 Å². The summed E-state index contributed by atoms with van der Waals surface area (Å²) in [6.07, 6.45) is 2.91. The molecular formula is C23H24N6O2. The van der Waals surface area contributed by atoms with Crippen LogP contribution in [-0.4, -0.2) is 46.7 Å². The number of nitrogens with zero attached hydrogens (tertiary/aromatic N) is 3. The highest BCUT2D eigenvalue weighted by molar-refractivity contribution is 5.83. The molecule has 0 spiro atoms. The molecule has 3 N–H and O–H groups in total. The summed E-state index contributed by atoms with van der Waals surface area (Å²) in [7, 11) is 1.60. The summed E-state index contributed by atoms with van der Waals surface area (Å²) in [6.45, 7) is 3.90. The smallest absolute Gasteiger partial charge is 0.224 e. The van der Waals surface area contributed by atoms with E-state index in [1.807, 2.05) is 25.1 Å². The summed E-state index contributed by atoms with van der Waals surface area (Å²) in [5, 5.41) is 7.99. The van der Waals surface area contributed by atoms with Gasteiger partial charge in [-0.05, 0) is 37.1 Å². The Morgan fingerprint density at radius 3 is 2.94 bits per heavy atom. The van der Waals surface area contributed by atoms with Crippen molar-refractivity contribution in [3.8, 4) is 23.0 Å². The summed E-state index contributed by atoms with van der Waals surface area (Å²) in [6, 6.07) is 12.2. The van der Waals surface area contributed by atoms with E-state index in [1.165, 1.54) is 10.9 Å². The number of para-hydroxylation sites is 1. The van der Waals surface area contributed by atoms with Crippen LogP contribution in [0.2, 0.25) is 0 Å². The molecule has 4 heterocycles. The predicted octanol–water partition coefficient (Wildman–Crippen LogP) is 3.80. The van der Waals surface area contributed by atoms with Gasteiger partial charge in [0, 0.05) is 29.3 Å². The molecule has 1 aromatic carbocycles. The standard InChI is InChI=1S/C23H24N6O2/c1-14-7-8-17(23(27-14)30-2)20-28-21(19-22(29-20)25-11-12-31-19)24-10-9-15-13-26-18-6-4-3-5-16(15)18/h3-8,13,26H,9-12H2,1-2H3,(H2,24,25,28,29). The molecule has 4 aromatic rings. The van der Waals surface area contributed by atoms with Crippen molar-refractivity contribution >= 4 is 22.5 Å². The molecule has 31 heavy (non-hydrogen) atoms. The Hall–Kier alpha value is -3.81. The minimum atomic E-state index is 0.501. The molecule has 0 unspecified atom stereocenters. The number of rotatable bonds is 6. The number of nitrogens with one attached hydrogen (secondary N) is 3. The zero-order chi connectivity index (χ0) is 21.2. The first kappa shape index (κ1) is 19.2. The zero-order valence-corrected chi connectivity index (χ0v) is 17.5. The van der Waals surface area contributed by atoms with Gasteiger partial charge in [0.15, 0.2) is 17.5 Å². The lowest BCUT2D eigenvalue weighted by molar-refractivity contribution is 0.321. The van der Waals surface area contributed by atoms with E-state index in [1.54, 1.807) is 7.11 Å². The zero-order valence-electron chi connectivity index (χ0n) is 17.5. The number of aromatic nitrogens is 4. The van der Waals surface area contributed by atoms with Crippen LogP contribution in [0.1, 0.15) is 11.3 Å². The van der Waals surface area contributed by atoms with Crippen molar-refractivity contribution in [2.45, 2.75) is 13.3 Å². The van der Waals surface area contributed by atoms with Gasteiger partial charge in [-0.15, -0.1) is 0 Å². The maximum atomic E-state index is 5.88. The number of fused-ring (bicyclic) bond motifs is 2. The van der Waals surface area contributed by atoms with E-state index in [2.05, 4.69) is 50.0 Å². The van der Waals surface area contributed by atoms with E-state index >= 15 is 0 Å². The summed E-state index contributed by atoms with van der Waals surface area (Å²) in [4.78, 5) is 17.2. The largest absolute Gasteiger partial charge is 0.485 e. The van der Waals surface area contributed by atoms with Gasteiger partial charge in [0.2, 0.25) is 11.6 Å². The normalized spacial score (nSPS) is 12.7. The molecule has 0 aliphatic carbocycles. The number of ether oxygens (including phenoxy) is 2. The van der Waals surface area contributed by atoms with Gasteiger partial charge in [-0.1, -0.05) is 18.2 Å². The minimum absolute atomic E-state index is 0.501. The average Bonchev–Trinajstić information content (AvgIpc) is 3.22. The van der Waals surface area contributed by atoms with E-state index in [4.69, 9.17) is 14.5 Å². The van der Waals surface area contributed by atoms with E-state index < -0.39 is 0 Å². The molecule has 5 rings (SSSR count). The first-order chi connectivity index (χ1) is 15.2. The highest BCUT2D eigenvalue weighted by Gasteiger charge is 2.21. The van der Waals surface area contributed by atoms with Crippen LogP contribution in [-0.2, 0) is 6.42 Å². The Balaban J connectivity index is 1.44. The average molecular weight is 416 g/mol. The monoisotopic (exact) mass is 416 g/mol. The molecular weight excluding hydrogens is 392 g/mol. The van der Waals surface area contributed by atoms with Gasteiger partial charge in [-0.2, -0.15) is 0 Å². The Bertz CT molecular complexity index is 1240. The minimum Gasteiger partial charge on any atom is -0.485 e. The van der Waals surface area contributed by atoms with Crippen molar-refractivity contribution in [2.24, 2.45) is 0 Å². The van der Waals surface area contributed by atoms with Crippen LogP contribution in [0.5, 0.6) is 11.6 Å². The van der Waals surface area contributed by atoms with E-state index in [-0.39, 0.29) is 0 Å². The van der Waals surface area contributed by atoms with Crippen molar-refractivity contribution in [3.05, 3.63) is 53.9 Å². The molecule has 0 radical (unpaired) electrons. The number of anilines is 2. The van der Waals surface area contributed by atoms with Crippen molar-refractivity contribution < 1.29 is 9.47 Å². The third kappa shape index (κ3) is 3.72. The Labute approximate surface area is 180 Å². The number of aromatic amines is 1. The van der Waals surface area contributed by atoms with Crippen LogP contribution >= 0.6 is 0 Å². The number of hydrogen-bond acceptors (Lipinski definition) is 7. The highest BCUT2D eigenvalue weighted by Crippen LogP contribution is 2.36. The molecule has 0 atom stereocenters. The molecule has 0 saturated heterocycles. The quantitative estimate of drug-likeness (QED) is 0.440. The predicted molar refractivity (Wildman–Crippen MR) is 121 cm³/mol. The first-order valence-electron chi connectivity index (χ1n) is 10.3. The van der Waals surface area contributed by atoms with Crippen molar-refractivity contribution in [1.82, 2.24) is 19.9 Å². The molecule has 1 aliphatic rings. The van der Waals surface area contributed by atoms with Crippen LogP contribution in [0.15, 0.2) is 42.6 Å². The molecule has 158 valence electrons. The Morgan fingerprint density at radius 2 is 2.03 bits per heavy atom. The van der Waals surface area contributed by atoms with Gasteiger partial charge < -0.3 is 25.1 Å². The number of H-pyrrole nitrogens is 1.